The smallest absolute Gasteiger partial charge is 0.258 e. The van der Waals surface area contributed by atoms with Crippen LogP contribution in [0.5, 0.6) is 5.75 Å². The van der Waals surface area contributed by atoms with Crippen molar-refractivity contribution in [2.75, 3.05) is 13.2 Å². The van der Waals surface area contributed by atoms with Crippen LogP contribution >= 0.6 is 11.6 Å². The highest BCUT2D eigenvalue weighted by Gasteiger charge is 2.07. The zero-order valence-corrected chi connectivity index (χ0v) is 11.7. The van der Waals surface area contributed by atoms with E-state index in [1.807, 2.05) is 13.8 Å². The van der Waals surface area contributed by atoms with E-state index in [1.165, 1.54) is 0 Å². The van der Waals surface area contributed by atoms with E-state index in [9.17, 15) is 9.59 Å². The number of hydrogen-bond acceptors (Lipinski definition) is 3. The standard InChI is InChI=1S/C13H17ClN2O3/c1-9(2)16-12(17)7-15-13(18)8-19-11-5-3-10(14)4-6-11/h3-6,9H,7-8H2,1-2H3,(H,15,18)(H,16,17). The lowest BCUT2D eigenvalue weighted by atomic mass is 10.3. The fourth-order valence-electron chi connectivity index (χ4n) is 1.28. The molecule has 0 aliphatic heterocycles. The number of rotatable bonds is 6. The highest BCUT2D eigenvalue weighted by molar-refractivity contribution is 6.30. The molecule has 0 bridgehead atoms. The van der Waals surface area contributed by atoms with Gasteiger partial charge in [-0.25, -0.2) is 0 Å². The molecule has 0 unspecified atom stereocenters. The van der Waals surface area contributed by atoms with Crippen LogP contribution < -0.4 is 15.4 Å². The Kier molecular flexibility index (Phi) is 6.15. The van der Waals surface area contributed by atoms with Gasteiger partial charge in [0, 0.05) is 11.1 Å². The fraction of sp³-hybridized carbons (Fsp3) is 0.385. The summed E-state index contributed by atoms with van der Waals surface area (Å²) in [6.07, 6.45) is 0. The van der Waals surface area contributed by atoms with Crippen LogP contribution in [0.2, 0.25) is 5.02 Å². The highest BCUT2D eigenvalue weighted by Crippen LogP contribution is 2.15. The Bertz CT molecular complexity index is 432. The number of carbonyl (C=O) groups is 2. The lowest BCUT2D eigenvalue weighted by molar-refractivity contribution is -0.127. The molecule has 0 aliphatic rings. The number of hydrogen-bond donors (Lipinski definition) is 2. The maximum atomic E-state index is 11.4. The van der Waals surface area contributed by atoms with E-state index in [0.717, 1.165) is 0 Å². The summed E-state index contributed by atoms with van der Waals surface area (Å²) in [6, 6.07) is 6.73. The predicted octanol–water partition coefficient (Wildman–Crippen LogP) is 1.36. The van der Waals surface area contributed by atoms with Crippen molar-refractivity contribution in [2.24, 2.45) is 0 Å². The van der Waals surface area contributed by atoms with Crippen molar-refractivity contribution in [1.82, 2.24) is 10.6 Å². The molecule has 0 saturated carbocycles. The molecule has 1 rings (SSSR count). The van der Waals surface area contributed by atoms with E-state index >= 15 is 0 Å². The molecule has 0 aromatic heterocycles. The van der Waals surface area contributed by atoms with E-state index in [-0.39, 0.29) is 31.0 Å². The predicted molar refractivity (Wildman–Crippen MR) is 73.2 cm³/mol. The van der Waals surface area contributed by atoms with Gasteiger partial charge in [-0.1, -0.05) is 11.6 Å². The molecule has 0 saturated heterocycles. The first-order chi connectivity index (χ1) is 8.97. The van der Waals surface area contributed by atoms with Gasteiger partial charge in [0.05, 0.1) is 6.54 Å². The topological polar surface area (TPSA) is 67.4 Å². The van der Waals surface area contributed by atoms with Crippen LogP contribution in [0.3, 0.4) is 0 Å². The average molecular weight is 285 g/mol. The maximum Gasteiger partial charge on any atom is 0.258 e. The first-order valence-electron chi connectivity index (χ1n) is 5.92. The molecule has 0 heterocycles. The van der Waals surface area contributed by atoms with Crippen LogP contribution in [0.4, 0.5) is 0 Å². The summed E-state index contributed by atoms with van der Waals surface area (Å²) in [5.41, 5.74) is 0. The molecule has 1 aromatic rings. The number of nitrogens with one attached hydrogen (secondary N) is 2. The molecule has 104 valence electrons. The van der Waals surface area contributed by atoms with Crippen molar-refractivity contribution in [3.05, 3.63) is 29.3 Å². The minimum atomic E-state index is -0.353. The minimum Gasteiger partial charge on any atom is -0.484 e. The van der Waals surface area contributed by atoms with Crippen LogP contribution in [0.1, 0.15) is 13.8 Å². The van der Waals surface area contributed by atoms with Crippen LogP contribution in [0.25, 0.3) is 0 Å². The highest BCUT2D eigenvalue weighted by atomic mass is 35.5. The van der Waals surface area contributed by atoms with Crippen LogP contribution in [-0.4, -0.2) is 31.0 Å². The molecule has 19 heavy (non-hydrogen) atoms. The van der Waals surface area contributed by atoms with Gasteiger partial charge in [0.15, 0.2) is 6.61 Å². The van der Waals surface area contributed by atoms with Crippen molar-refractivity contribution in [2.45, 2.75) is 19.9 Å². The molecule has 2 amide bonds. The van der Waals surface area contributed by atoms with Gasteiger partial charge in [0.25, 0.3) is 5.91 Å². The van der Waals surface area contributed by atoms with Crippen molar-refractivity contribution in [3.63, 3.8) is 0 Å². The summed E-state index contributed by atoms with van der Waals surface area (Å²) in [4.78, 5) is 22.7. The van der Waals surface area contributed by atoms with Gasteiger partial charge >= 0.3 is 0 Å². The Hall–Kier alpha value is -1.75. The Labute approximate surface area is 117 Å². The molecule has 5 nitrogen and oxygen atoms in total. The number of halogens is 1. The Balaban J connectivity index is 2.24. The number of amides is 2. The normalized spacial score (nSPS) is 10.1. The second-order valence-corrected chi connectivity index (χ2v) is 4.68. The third-order valence-electron chi connectivity index (χ3n) is 2.08. The second-order valence-electron chi connectivity index (χ2n) is 4.24. The molecule has 0 aliphatic carbocycles. The van der Waals surface area contributed by atoms with Crippen LogP contribution in [-0.2, 0) is 9.59 Å². The van der Waals surface area contributed by atoms with Crippen LogP contribution in [0.15, 0.2) is 24.3 Å². The first-order valence-corrected chi connectivity index (χ1v) is 6.29. The molecular weight excluding hydrogens is 268 g/mol. The van der Waals surface area contributed by atoms with Crippen LogP contribution in [0, 0.1) is 0 Å². The van der Waals surface area contributed by atoms with E-state index in [0.29, 0.717) is 10.8 Å². The molecule has 1 aromatic carbocycles. The first kappa shape index (κ1) is 15.3. The molecule has 0 fully saturated rings. The molecule has 0 radical (unpaired) electrons. The molecule has 0 spiro atoms. The van der Waals surface area contributed by atoms with Crippen molar-refractivity contribution < 1.29 is 14.3 Å². The van der Waals surface area contributed by atoms with Crippen molar-refractivity contribution >= 4 is 23.4 Å². The molecule has 0 atom stereocenters. The van der Waals surface area contributed by atoms with Gasteiger partial charge in [-0.15, -0.1) is 0 Å². The van der Waals surface area contributed by atoms with E-state index in [1.54, 1.807) is 24.3 Å². The van der Waals surface area contributed by atoms with Gasteiger partial charge in [-0.3, -0.25) is 9.59 Å². The van der Waals surface area contributed by atoms with E-state index < -0.39 is 0 Å². The number of ether oxygens (including phenoxy) is 1. The Morgan fingerprint density at radius 1 is 1.21 bits per heavy atom. The lowest BCUT2D eigenvalue weighted by Crippen LogP contribution is -2.41. The minimum absolute atomic E-state index is 0.0507. The Morgan fingerprint density at radius 3 is 2.42 bits per heavy atom. The summed E-state index contributed by atoms with van der Waals surface area (Å²) in [5, 5.41) is 5.74. The second kappa shape index (κ2) is 7.63. The largest absolute Gasteiger partial charge is 0.484 e. The quantitative estimate of drug-likeness (QED) is 0.829. The fourth-order valence-corrected chi connectivity index (χ4v) is 1.41. The van der Waals surface area contributed by atoms with E-state index in [2.05, 4.69) is 10.6 Å². The van der Waals surface area contributed by atoms with Gasteiger partial charge in [-0.2, -0.15) is 0 Å². The summed E-state index contributed by atoms with van der Waals surface area (Å²) in [7, 11) is 0. The van der Waals surface area contributed by atoms with E-state index in [4.69, 9.17) is 16.3 Å². The van der Waals surface area contributed by atoms with Crippen molar-refractivity contribution in [1.29, 1.82) is 0 Å². The number of benzene rings is 1. The molecule has 2 N–H and O–H groups in total. The van der Waals surface area contributed by atoms with Gasteiger partial charge in [0.1, 0.15) is 5.75 Å². The molecule has 6 heteroatoms. The molecular formula is C13H17ClN2O3. The number of carbonyl (C=O) groups excluding carboxylic acids is 2. The third kappa shape index (κ3) is 6.67. The lowest BCUT2D eigenvalue weighted by Gasteiger charge is -2.10. The SMILES string of the molecule is CC(C)NC(=O)CNC(=O)COc1ccc(Cl)cc1. The van der Waals surface area contributed by atoms with Gasteiger partial charge < -0.3 is 15.4 Å². The summed E-state index contributed by atoms with van der Waals surface area (Å²) in [6.45, 7) is 3.50. The third-order valence-corrected chi connectivity index (χ3v) is 2.33. The van der Waals surface area contributed by atoms with Gasteiger partial charge in [-0.05, 0) is 38.1 Å². The monoisotopic (exact) mass is 284 g/mol. The summed E-state index contributed by atoms with van der Waals surface area (Å²) in [5.74, 6) is -0.0325. The summed E-state index contributed by atoms with van der Waals surface area (Å²) >= 11 is 5.72. The maximum absolute atomic E-state index is 11.4. The average Bonchev–Trinajstić information content (AvgIpc) is 2.35. The zero-order chi connectivity index (χ0) is 14.3. The van der Waals surface area contributed by atoms with Gasteiger partial charge in [0.2, 0.25) is 5.91 Å². The van der Waals surface area contributed by atoms with Crippen molar-refractivity contribution in [3.8, 4) is 5.75 Å². The Morgan fingerprint density at radius 2 is 1.84 bits per heavy atom. The zero-order valence-electron chi connectivity index (χ0n) is 10.9. The summed E-state index contributed by atoms with van der Waals surface area (Å²) < 4.78 is 5.23.